The summed E-state index contributed by atoms with van der Waals surface area (Å²) >= 11 is 1.79. The van der Waals surface area contributed by atoms with Crippen LogP contribution in [0, 0.1) is 5.41 Å². The molecule has 1 aliphatic rings. The second kappa shape index (κ2) is 6.99. The van der Waals surface area contributed by atoms with Gasteiger partial charge in [0.2, 0.25) is 0 Å². The van der Waals surface area contributed by atoms with E-state index in [0.717, 1.165) is 5.75 Å². The van der Waals surface area contributed by atoms with E-state index in [4.69, 9.17) is 0 Å². The summed E-state index contributed by atoms with van der Waals surface area (Å²) in [4.78, 5) is 4.31. The number of aliphatic imine (C=N–C) groups is 1. The van der Waals surface area contributed by atoms with E-state index in [1.807, 2.05) is 19.9 Å². The van der Waals surface area contributed by atoms with Crippen molar-refractivity contribution in [2.24, 2.45) is 10.4 Å². The van der Waals surface area contributed by atoms with Crippen LogP contribution in [0.4, 0.5) is 0 Å². The van der Waals surface area contributed by atoms with E-state index in [2.05, 4.69) is 31.5 Å². The van der Waals surface area contributed by atoms with Gasteiger partial charge in [-0.15, -0.1) is 17.5 Å². The summed E-state index contributed by atoms with van der Waals surface area (Å²) in [7, 11) is 0. The van der Waals surface area contributed by atoms with Crippen molar-refractivity contribution in [3.05, 3.63) is 18.0 Å². The first-order valence-electron chi connectivity index (χ1n) is 4.71. The minimum Gasteiger partial charge on any atom is -0.246 e. The molecular formula is C11H19NRfS. The molecule has 1 aliphatic heterocycles. The molecule has 0 aliphatic carbocycles. The number of nitrogens with zero attached hydrogens (tertiary/aromatic N) is 1. The zero-order chi connectivity index (χ0) is 10.3. The summed E-state index contributed by atoms with van der Waals surface area (Å²) in [5.41, 5.74) is 3.17. The molecule has 0 fully saturated rings. The van der Waals surface area contributed by atoms with E-state index >= 15 is 0 Å². The third-order valence-electron chi connectivity index (χ3n) is 1.32. The van der Waals surface area contributed by atoms with Gasteiger partial charge < -0.3 is 0 Å². The Hall–Kier alpha value is -1.46. The van der Waals surface area contributed by atoms with Gasteiger partial charge in [0.05, 0.1) is 11.2 Å². The summed E-state index contributed by atoms with van der Waals surface area (Å²) < 4.78 is 0. The number of thioether (sulfide) groups is 1. The summed E-state index contributed by atoms with van der Waals surface area (Å²) in [5, 5.41) is 1.19. The molecule has 0 N–H and O–H groups in total. The fourth-order valence-electron chi connectivity index (χ4n) is 0.765. The van der Waals surface area contributed by atoms with Gasteiger partial charge in [0, 0.05) is 11.2 Å². The Bertz CT molecular complexity index is 232. The van der Waals surface area contributed by atoms with Crippen LogP contribution >= 0.6 is 11.8 Å². The van der Waals surface area contributed by atoms with Gasteiger partial charge >= 0.3 is 0 Å². The van der Waals surface area contributed by atoms with Crippen LogP contribution in [0.15, 0.2) is 23.0 Å². The molecule has 0 saturated heterocycles. The van der Waals surface area contributed by atoms with Crippen LogP contribution in [0.25, 0.3) is 0 Å². The maximum absolute atomic E-state index is 4.31. The predicted octanol–water partition coefficient (Wildman–Crippen LogP) is 3.87. The van der Waals surface area contributed by atoms with E-state index < -0.39 is 0 Å². The van der Waals surface area contributed by atoms with Crippen LogP contribution in [0.2, 0.25) is 0 Å². The Morgan fingerprint density at radius 2 is 1.93 bits per heavy atom. The minimum atomic E-state index is 0. The Kier molecular flexibility index (Phi) is 7.51. The monoisotopic (exact) mass is 464 g/mol. The van der Waals surface area contributed by atoms with Crippen LogP contribution in [0.1, 0.15) is 34.6 Å². The fraction of sp³-hybridized carbons (Fsp3) is 0.636. The first-order valence-corrected chi connectivity index (χ1v) is 5.70. The number of hydrogen-bond acceptors (Lipinski definition) is 2. The molecule has 14 heavy (non-hydrogen) atoms. The number of rotatable bonds is 0. The predicted molar refractivity (Wildman–Crippen MR) is 63.3 cm³/mol. The summed E-state index contributed by atoms with van der Waals surface area (Å²) in [6, 6.07) is 0. The second-order valence-electron chi connectivity index (χ2n) is 3.50. The first kappa shape index (κ1) is 15.0. The Labute approximate surface area is 86.0 Å². The largest absolute Gasteiger partial charge is 0.246 e. The zero-order valence-corrected chi connectivity index (χ0v) is 17.1. The molecule has 76 valence electrons. The minimum absolute atomic E-state index is 0. The third kappa shape index (κ3) is 5.23. The van der Waals surface area contributed by atoms with Crippen LogP contribution in [0.5, 0.6) is 0 Å². The summed E-state index contributed by atoms with van der Waals surface area (Å²) in [6.45, 7) is 10.5. The first-order chi connectivity index (χ1) is 6.11. The molecule has 0 aromatic rings. The molecule has 0 aromatic heterocycles. The van der Waals surface area contributed by atoms with E-state index in [9.17, 15) is 0 Å². The summed E-state index contributed by atoms with van der Waals surface area (Å²) in [6.07, 6.45) is 3.76. The molecule has 1 heterocycles. The molecule has 3 heteroatoms. The second-order valence-corrected chi connectivity index (χ2v) is 4.50. The SMILES string of the molecule is CC.CC(C)(C)C1=NC=C=CCS1.[Rf]. The van der Waals surface area contributed by atoms with Crippen molar-refractivity contribution < 1.29 is 0 Å². The molecule has 0 amide bonds. The van der Waals surface area contributed by atoms with E-state index in [1.165, 1.54) is 5.04 Å². The van der Waals surface area contributed by atoms with E-state index in [1.54, 1.807) is 18.0 Å². The average Bonchev–Trinajstić information content (AvgIpc) is 2.34. The Balaban J connectivity index is 0. The van der Waals surface area contributed by atoms with Crippen LogP contribution in [-0.2, 0) is 0 Å². The quantitative estimate of drug-likeness (QED) is 0.496. The smallest absolute Gasteiger partial charge is 0.0795 e. The van der Waals surface area contributed by atoms with Gasteiger partial charge in [0.25, 0.3) is 0 Å². The summed E-state index contributed by atoms with van der Waals surface area (Å²) in [5.74, 6) is 0.993. The molecule has 1 rings (SSSR count). The van der Waals surface area contributed by atoms with Gasteiger partial charge in [-0.2, -0.15) is 0 Å². The molecule has 1 nitrogen and oxygen atoms in total. The van der Waals surface area contributed by atoms with Gasteiger partial charge in [-0.3, -0.25) is 0 Å². The van der Waals surface area contributed by atoms with Gasteiger partial charge in [0.1, 0.15) is 0 Å². The molecule has 0 aromatic carbocycles. The van der Waals surface area contributed by atoms with Gasteiger partial charge in [-0.05, 0) is 6.08 Å². The molecule has 0 spiro atoms. The molecule has 0 bridgehead atoms. The maximum atomic E-state index is 4.31. The number of hydrogen-bond donors (Lipinski definition) is 0. The molecular weight excluding hydrogens is 445 g/mol. The Morgan fingerprint density at radius 3 is 2.43 bits per heavy atom. The maximum Gasteiger partial charge on any atom is 0.0795 e. The topological polar surface area (TPSA) is 12.4 Å². The average molecular weight is 464 g/mol. The van der Waals surface area contributed by atoms with Crippen molar-refractivity contribution >= 4 is 16.8 Å². The van der Waals surface area contributed by atoms with Crippen LogP contribution in [-0.4, -0.2) is 10.8 Å². The van der Waals surface area contributed by atoms with Crippen molar-refractivity contribution in [3.63, 3.8) is 0 Å². The molecule has 0 unspecified atom stereocenters. The third-order valence-corrected chi connectivity index (χ3v) is 2.64. The van der Waals surface area contributed by atoms with Gasteiger partial charge in [-0.25, -0.2) is 4.99 Å². The fourth-order valence-corrected chi connectivity index (χ4v) is 1.66. The van der Waals surface area contributed by atoms with Gasteiger partial charge in [-0.1, -0.05) is 34.6 Å². The zero-order valence-electron chi connectivity index (χ0n) is 9.92. The standard InChI is InChI=1S/C9H13NS.C2H6.Rf/c1-9(2,3)8-10-6-4-5-7-11-8;1-2;/h5-6H,7H2,1-3H3;1-2H3;. The molecule has 0 saturated carbocycles. The van der Waals surface area contributed by atoms with E-state index in [0.29, 0.717) is 0 Å². The van der Waals surface area contributed by atoms with Crippen LogP contribution < -0.4 is 0 Å². The van der Waals surface area contributed by atoms with Crippen molar-refractivity contribution in [1.29, 1.82) is 0 Å². The molecule has 0 radical (unpaired) electrons. The molecule has 0 atom stereocenters. The van der Waals surface area contributed by atoms with Crippen molar-refractivity contribution in [3.8, 4) is 0 Å². The van der Waals surface area contributed by atoms with Crippen LogP contribution in [0.3, 0.4) is 0 Å². The van der Waals surface area contributed by atoms with Crippen molar-refractivity contribution in [1.82, 2.24) is 0 Å². The van der Waals surface area contributed by atoms with Crippen molar-refractivity contribution in [2.45, 2.75) is 34.6 Å². The van der Waals surface area contributed by atoms with E-state index in [-0.39, 0.29) is 5.41 Å². The normalized spacial score (nSPS) is 14.5. The Morgan fingerprint density at radius 1 is 1.36 bits per heavy atom. The van der Waals surface area contributed by atoms with Gasteiger partial charge in [0.15, 0.2) is 0 Å². The van der Waals surface area contributed by atoms with Crippen molar-refractivity contribution in [2.75, 3.05) is 5.75 Å².